The van der Waals surface area contributed by atoms with E-state index in [0.717, 1.165) is 41.7 Å². The molecule has 0 saturated heterocycles. The molecule has 0 aliphatic heterocycles. The summed E-state index contributed by atoms with van der Waals surface area (Å²) in [5.74, 6) is 2.80. The average Bonchev–Trinajstić information content (AvgIpc) is 2.72. The molecular weight excluding hydrogens is 318 g/mol. The van der Waals surface area contributed by atoms with E-state index in [9.17, 15) is 0 Å². The molecule has 1 aliphatic carbocycles. The maximum absolute atomic E-state index is 8.88. The van der Waals surface area contributed by atoms with Crippen LogP contribution in [-0.4, -0.2) is 6.61 Å². The number of benzene rings is 2. The fraction of sp³-hybridized carbons (Fsp3) is 0.458. The molecule has 136 valence electrons. The van der Waals surface area contributed by atoms with Crippen molar-refractivity contribution < 1.29 is 4.74 Å². The maximum Gasteiger partial charge on any atom is 0.119 e. The van der Waals surface area contributed by atoms with E-state index in [1.54, 1.807) is 0 Å². The van der Waals surface area contributed by atoms with Gasteiger partial charge in [0.1, 0.15) is 5.75 Å². The van der Waals surface area contributed by atoms with Crippen molar-refractivity contribution in [1.82, 2.24) is 0 Å². The van der Waals surface area contributed by atoms with Gasteiger partial charge < -0.3 is 4.74 Å². The summed E-state index contributed by atoms with van der Waals surface area (Å²) >= 11 is 0. The Bertz CT molecular complexity index is 711. The molecule has 1 saturated carbocycles. The summed E-state index contributed by atoms with van der Waals surface area (Å²) in [6.07, 6.45) is 9.48. The van der Waals surface area contributed by atoms with E-state index in [1.807, 2.05) is 36.4 Å². The van der Waals surface area contributed by atoms with Crippen LogP contribution in [0.3, 0.4) is 0 Å². The largest absolute Gasteiger partial charge is 0.494 e. The molecule has 0 radical (unpaired) electrons. The Morgan fingerprint density at radius 1 is 0.923 bits per heavy atom. The van der Waals surface area contributed by atoms with Crippen molar-refractivity contribution in [2.75, 3.05) is 6.61 Å². The smallest absolute Gasteiger partial charge is 0.119 e. The monoisotopic (exact) mass is 347 g/mol. The number of nitriles is 1. The molecule has 0 aromatic heterocycles. The Balaban J connectivity index is 1.46. The first kappa shape index (κ1) is 18.5. The fourth-order valence-corrected chi connectivity index (χ4v) is 4.22. The average molecular weight is 348 g/mol. The minimum atomic E-state index is 0.692. The molecule has 2 nitrogen and oxygen atoms in total. The predicted molar refractivity (Wildman–Crippen MR) is 107 cm³/mol. The normalized spacial score (nSPS) is 19.7. The molecule has 1 fully saturated rings. The Morgan fingerprint density at radius 2 is 1.54 bits per heavy atom. The molecule has 2 unspecified atom stereocenters. The molecule has 2 aromatic rings. The highest BCUT2D eigenvalue weighted by atomic mass is 16.5. The van der Waals surface area contributed by atoms with Crippen molar-refractivity contribution in [1.29, 1.82) is 5.26 Å². The van der Waals surface area contributed by atoms with Gasteiger partial charge >= 0.3 is 0 Å². The van der Waals surface area contributed by atoms with Crippen molar-refractivity contribution in [3.05, 3.63) is 54.1 Å². The molecule has 2 atom stereocenters. The zero-order chi connectivity index (χ0) is 18.2. The second-order valence-electron chi connectivity index (χ2n) is 7.42. The summed E-state index contributed by atoms with van der Waals surface area (Å²) in [5.41, 5.74) is 2.96. The lowest BCUT2D eigenvalue weighted by Crippen LogP contribution is -2.19. The molecule has 3 rings (SSSR count). The predicted octanol–water partition coefficient (Wildman–Crippen LogP) is 6.60. The Morgan fingerprint density at radius 3 is 2.15 bits per heavy atom. The highest BCUT2D eigenvalue weighted by Gasteiger charge is 2.22. The molecular formula is C24H29NO. The van der Waals surface area contributed by atoms with E-state index in [1.165, 1.54) is 38.5 Å². The van der Waals surface area contributed by atoms with Crippen LogP contribution in [0.5, 0.6) is 5.75 Å². The summed E-state index contributed by atoms with van der Waals surface area (Å²) in [6, 6.07) is 18.1. The summed E-state index contributed by atoms with van der Waals surface area (Å²) in [5, 5.41) is 8.88. The second kappa shape index (κ2) is 9.43. The third kappa shape index (κ3) is 4.88. The van der Waals surface area contributed by atoms with Gasteiger partial charge in [-0.3, -0.25) is 0 Å². The van der Waals surface area contributed by atoms with E-state index in [4.69, 9.17) is 10.00 Å². The van der Waals surface area contributed by atoms with Crippen LogP contribution in [0, 0.1) is 23.2 Å². The number of hydrogen-bond acceptors (Lipinski definition) is 2. The van der Waals surface area contributed by atoms with Gasteiger partial charge in [0.2, 0.25) is 0 Å². The van der Waals surface area contributed by atoms with Gasteiger partial charge in [0.15, 0.2) is 0 Å². The number of rotatable bonds is 7. The van der Waals surface area contributed by atoms with Crippen molar-refractivity contribution in [2.24, 2.45) is 11.8 Å². The van der Waals surface area contributed by atoms with Gasteiger partial charge in [-0.15, -0.1) is 0 Å². The first-order chi connectivity index (χ1) is 12.8. The highest BCUT2D eigenvalue weighted by Crippen LogP contribution is 2.35. The molecule has 2 aromatic carbocycles. The number of nitrogens with zero attached hydrogens (tertiary/aromatic N) is 1. The first-order valence-corrected chi connectivity index (χ1v) is 10.0. The van der Waals surface area contributed by atoms with Gasteiger partial charge in [0.05, 0.1) is 18.2 Å². The zero-order valence-electron chi connectivity index (χ0n) is 15.8. The van der Waals surface area contributed by atoms with Crippen LogP contribution in [0.25, 0.3) is 11.1 Å². The van der Waals surface area contributed by atoms with E-state index >= 15 is 0 Å². The van der Waals surface area contributed by atoms with Crippen LogP contribution in [0.1, 0.15) is 57.4 Å². The van der Waals surface area contributed by atoms with Gasteiger partial charge in [0.25, 0.3) is 0 Å². The Kier molecular flexibility index (Phi) is 6.72. The van der Waals surface area contributed by atoms with Crippen molar-refractivity contribution in [2.45, 2.75) is 51.9 Å². The van der Waals surface area contributed by atoms with Crippen molar-refractivity contribution in [3.8, 4) is 22.9 Å². The molecule has 0 spiro atoms. The Labute approximate surface area is 157 Å². The quantitative estimate of drug-likeness (QED) is 0.529. The van der Waals surface area contributed by atoms with Crippen molar-refractivity contribution in [3.63, 3.8) is 0 Å². The van der Waals surface area contributed by atoms with Gasteiger partial charge in [0, 0.05) is 0 Å². The second-order valence-corrected chi connectivity index (χ2v) is 7.42. The standard InChI is InChI=1S/C24H29NO/c1-2-20-6-3-4-7-21(20)8-5-17-26-24-15-13-23(14-16-24)22-11-9-19(18-25)10-12-22/h9-16,20-21H,2-8,17H2,1H3. The lowest BCUT2D eigenvalue weighted by atomic mass is 9.76. The van der Waals surface area contributed by atoms with E-state index in [2.05, 4.69) is 25.1 Å². The SMILES string of the molecule is CCC1CCCCC1CCCOc1ccc(-c2ccc(C#N)cc2)cc1. The highest BCUT2D eigenvalue weighted by molar-refractivity contribution is 5.64. The molecule has 2 heteroatoms. The first-order valence-electron chi connectivity index (χ1n) is 10.0. The topological polar surface area (TPSA) is 33.0 Å². The molecule has 0 N–H and O–H groups in total. The molecule has 0 amide bonds. The summed E-state index contributed by atoms with van der Waals surface area (Å²) in [7, 11) is 0. The van der Waals surface area contributed by atoms with Gasteiger partial charge in [-0.1, -0.05) is 63.3 Å². The van der Waals surface area contributed by atoms with E-state index in [-0.39, 0.29) is 0 Å². The molecule has 26 heavy (non-hydrogen) atoms. The van der Waals surface area contributed by atoms with Crippen LogP contribution in [-0.2, 0) is 0 Å². The van der Waals surface area contributed by atoms with Crippen LogP contribution < -0.4 is 4.74 Å². The summed E-state index contributed by atoms with van der Waals surface area (Å²) < 4.78 is 5.95. The van der Waals surface area contributed by atoms with Crippen LogP contribution >= 0.6 is 0 Å². The lowest BCUT2D eigenvalue weighted by Gasteiger charge is -2.30. The third-order valence-corrected chi connectivity index (χ3v) is 5.78. The zero-order valence-corrected chi connectivity index (χ0v) is 15.8. The summed E-state index contributed by atoms with van der Waals surface area (Å²) in [4.78, 5) is 0. The third-order valence-electron chi connectivity index (χ3n) is 5.78. The van der Waals surface area contributed by atoms with E-state index in [0.29, 0.717) is 5.56 Å². The molecule has 0 bridgehead atoms. The maximum atomic E-state index is 8.88. The molecule has 1 aliphatic rings. The van der Waals surface area contributed by atoms with Crippen LogP contribution in [0.15, 0.2) is 48.5 Å². The van der Waals surface area contributed by atoms with Crippen LogP contribution in [0.2, 0.25) is 0 Å². The minimum Gasteiger partial charge on any atom is -0.494 e. The number of hydrogen-bond donors (Lipinski definition) is 0. The van der Waals surface area contributed by atoms with Gasteiger partial charge in [-0.25, -0.2) is 0 Å². The van der Waals surface area contributed by atoms with Gasteiger partial charge in [-0.2, -0.15) is 5.26 Å². The van der Waals surface area contributed by atoms with Crippen molar-refractivity contribution >= 4 is 0 Å². The van der Waals surface area contributed by atoms with Gasteiger partial charge in [-0.05, 0) is 60.1 Å². The summed E-state index contributed by atoms with van der Waals surface area (Å²) in [6.45, 7) is 3.15. The van der Waals surface area contributed by atoms with Crippen LogP contribution in [0.4, 0.5) is 0 Å². The fourth-order valence-electron chi connectivity index (χ4n) is 4.22. The minimum absolute atomic E-state index is 0.692. The number of ether oxygens (including phenoxy) is 1. The Hall–Kier alpha value is -2.27. The van der Waals surface area contributed by atoms with E-state index < -0.39 is 0 Å². The molecule has 0 heterocycles. The lowest BCUT2D eigenvalue weighted by molar-refractivity contribution is 0.199.